The minimum absolute atomic E-state index is 0.118. The number of hydrogen-bond donors (Lipinski definition) is 1. The molecule has 5 heteroatoms. The number of carboxylic acid groups (broad SMARTS) is 1. The van der Waals surface area contributed by atoms with Crippen LogP contribution in [0.4, 0.5) is 4.79 Å². The van der Waals surface area contributed by atoms with Crippen molar-refractivity contribution in [2.24, 2.45) is 0 Å². The summed E-state index contributed by atoms with van der Waals surface area (Å²) in [6, 6.07) is 7.61. The van der Waals surface area contributed by atoms with Gasteiger partial charge in [-0.1, -0.05) is 29.8 Å². The molecule has 1 fully saturated rings. The topological polar surface area (TPSA) is 66.8 Å². The van der Waals surface area contributed by atoms with Crippen LogP contribution in [0.2, 0.25) is 0 Å². The van der Waals surface area contributed by atoms with Crippen LogP contribution in [0.3, 0.4) is 0 Å². The zero-order valence-corrected chi connectivity index (χ0v) is 10.3. The lowest BCUT2D eigenvalue weighted by atomic mass is 10.0. The Hall–Kier alpha value is -2.04. The lowest BCUT2D eigenvalue weighted by molar-refractivity contribution is -0.147. The Kier molecular flexibility index (Phi) is 2.98. The Morgan fingerprint density at radius 3 is 2.89 bits per heavy atom. The van der Waals surface area contributed by atoms with Gasteiger partial charge in [0.05, 0.1) is 6.54 Å². The highest BCUT2D eigenvalue weighted by Crippen LogP contribution is 2.26. The number of aryl methyl sites for hydroxylation is 1. The first-order valence-corrected chi connectivity index (χ1v) is 5.67. The molecule has 1 atom stereocenters. The highest BCUT2D eigenvalue weighted by molar-refractivity contribution is 5.86. The molecule has 1 unspecified atom stereocenters. The fourth-order valence-electron chi connectivity index (χ4n) is 1.97. The predicted molar refractivity (Wildman–Crippen MR) is 64.1 cm³/mol. The fourth-order valence-corrected chi connectivity index (χ4v) is 1.97. The Labute approximate surface area is 105 Å². The molecule has 0 saturated carbocycles. The highest BCUT2D eigenvalue weighted by atomic mass is 16.6. The summed E-state index contributed by atoms with van der Waals surface area (Å²) in [5, 5.41) is 9.22. The fraction of sp³-hybridized carbons (Fsp3) is 0.385. The molecule has 0 spiro atoms. The molecule has 1 aliphatic heterocycles. The number of hydrogen-bond acceptors (Lipinski definition) is 3. The van der Waals surface area contributed by atoms with Gasteiger partial charge in [-0.05, 0) is 19.4 Å². The number of carbonyl (C=O) groups excluding carboxylic acids is 1. The third kappa shape index (κ3) is 2.03. The maximum atomic E-state index is 11.6. The van der Waals surface area contributed by atoms with Gasteiger partial charge in [0.15, 0.2) is 5.54 Å². The van der Waals surface area contributed by atoms with E-state index >= 15 is 0 Å². The molecule has 2 rings (SSSR count). The van der Waals surface area contributed by atoms with Crippen molar-refractivity contribution in [2.45, 2.75) is 25.9 Å². The van der Waals surface area contributed by atoms with E-state index in [2.05, 4.69) is 0 Å². The van der Waals surface area contributed by atoms with E-state index in [-0.39, 0.29) is 13.2 Å². The molecule has 0 aliphatic carbocycles. The van der Waals surface area contributed by atoms with Gasteiger partial charge in [0.2, 0.25) is 0 Å². The van der Waals surface area contributed by atoms with Crippen molar-refractivity contribution in [1.29, 1.82) is 0 Å². The SMILES string of the molecule is Cc1cccc(CN2C(=O)OCC2(C)C(=O)O)c1. The molecule has 0 aromatic heterocycles. The predicted octanol–water partition coefficient (Wildman–Crippen LogP) is 1.79. The molecule has 18 heavy (non-hydrogen) atoms. The van der Waals surface area contributed by atoms with Crippen molar-refractivity contribution in [2.75, 3.05) is 6.61 Å². The van der Waals surface area contributed by atoms with Gasteiger partial charge >= 0.3 is 12.1 Å². The molecule has 1 amide bonds. The van der Waals surface area contributed by atoms with E-state index in [0.29, 0.717) is 0 Å². The van der Waals surface area contributed by atoms with Crippen LogP contribution in [0.5, 0.6) is 0 Å². The lowest BCUT2D eigenvalue weighted by Gasteiger charge is -2.27. The van der Waals surface area contributed by atoms with Crippen molar-refractivity contribution in [3.05, 3.63) is 35.4 Å². The first-order valence-electron chi connectivity index (χ1n) is 5.67. The maximum absolute atomic E-state index is 11.6. The number of ether oxygens (including phenoxy) is 1. The summed E-state index contributed by atoms with van der Waals surface area (Å²) < 4.78 is 4.85. The number of amides is 1. The van der Waals surface area contributed by atoms with Gasteiger partial charge in [0.25, 0.3) is 0 Å². The van der Waals surface area contributed by atoms with Gasteiger partial charge in [0.1, 0.15) is 6.61 Å². The smallest absolute Gasteiger partial charge is 0.411 e. The molecular weight excluding hydrogens is 234 g/mol. The van der Waals surface area contributed by atoms with Gasteiger partial charge in [-0.15, -0.1) is 0 Å². The van der Waals surface area contributed by atoms with E-state index in [1.54, 1.807) is 0 Å². The van der Waals surface area contributed by atoms with Crippen molar-refractivity contribution in [1.82, 2.24) is 4.90 Å². The van der Waals surface area contributed by atoms with Crippen LogP contribution in [-0.4, -0.2) is 34.2 Å². The molecule has 1 aromatic rings. The number of cyclic esters (lactones) is 1. The van der Waals surface area contributed by atoms with Crippen LogP contribution in [0.1, 0.15) is 18.1 Å². The van der Waals surface area contributed by atoms with E-state index in [4.69, 9.17) is 4.74 Å². The average Bonchev–Trinajstić information content (AvgIpc) is 2.59. The van der Waals surface area contributed by atoms with Crippen LogP contribution in [-0.2, 0) is 16.1 Å². The number of carbonyl (C=O) groups is 2. The number of nitrogens with zero attached hydrogens (tertiary/aromatic N) is 1. The lowest BCUT2D eigenvalue weighted by Crippen LogP contribution is -2.50. The molecular formula is C13H15NO4. The molecule has 96 valence electrons. The number of rotatable bonds is 3. The summed E-state index contributed by atoms with van der Waals surface area (Å²) in [7, 11) is 0. The second-order valence-electron chi connectivity index (χ2n) is 4.71. The van der Waals surface area contributed by atoms with E-state index in [9.17, 15) is 14.7 Å². The third-order valence-corrected chi connectivity index (χ3v) is 3.18. The largest absolute Gasteiger partial charge is 0.479 e. The zero-order valence-electron chi connectivity index (χ0n) is 10.3. The number of benzene rings is 1. The van der Waals surface area contributed by atoms with E-state index in [1.807, 2.05) is 31.2 Å². The monoisotopic (exact) mass is 249 g/mol. The van der Waals surface area contributed by atoms with Crippen LogP contribution in [0, 0.1) is 6.92 Å². The second kappa shape index (κ2) is 4.33. The standard InChI is InChI=1S/C13H15NO4/c1-9-4-3-5-10(6-9)7-14-12(17)18-8-13(14,2)11(15)16/h3-6H,7-8H2,1-2H3,(H,15,16). The summed E-state index contributed by atoms with van der Waals surface area (Å²) in [6.07, 6.45) is -0.582. The normalized spacial score (nSPS) is 23.0. The first-order chi connectivity index (χ1) is 8.43. The number of carboxylic acids is 1. The Balaban J connectivity index is 2.26. The molecule has 1 saturated heterocycles. The van der Waals surface area contributed by atoms with Crippen LogP contribution < -0.4 is 0 Å². The summed E-state index contributed by atoms with van der Waals surface area (Å²) in [4.78, 5) is 24.1. The maximum Gasteiger partial charge on any atom is 0.411 e. The second-order valence-corrected chi connectivity index (χ2v) is 4.71. The van der Waals surface area contributed by atoms with Gasteiger partial charge in [0, 0.05) is 0 Å². The minimum atomic E-state index is -1.29. The third-order valence-electron chi connectivity index (χ3n) is 3.18. The highest BCUT2D eigenvalue weighted by Gasteiger charge is 2.49. The summed E-state index contributed by atoms with van der Waals surface area (Å²) in [5.41, 5.74) is 0.666. The molecule has 5 nitrogen and oxygen atoms in total. The summed E-state index contributed by atoms with van der Waals surface area (Å²) >= 11 is 0. The molecule has 1 aromatic carbocycles. The van der Waals surface area contributed by atoms with Crippen LogP contribution in [0.15, 0.2) is 24.3 Å². The summed E-state index contributed by atoms with van der Waals surface area (Å²) in [6.45, 7) is 3.56. The van der Waals surface area contributed by atoms with Gasteiger partial charge in [-0.3, -0.25) is 4.90 Å². The quantitative estimate of drug-likeness (QED) is 0.886. The van der Waals surface area contributed by atoms with Crippen molar-refractivity contribution in [3.8, 4) is 0 Å². The first kappa shape index (κ1) is 12.4. The Morgan fingerprint density at radius 2 is 2.28 bits per heavy atom. The van der Waals surface area contributed by atoms with E-state index in [0.717, 1.165) is 11.1 Å². The molecule has 0 bridgehead atoms. The van der Waals surface area contributed by atoms with Crippen LogP contribution in [0.25, 0.3) is 0 Å². The summed E-state index contributed by atoms with van der Waals surface area (Å²) in [5.74, 6) is -1.05. The zero-order chi connectivity index (χ0) is 13.3. The van der Waals surface area contributed by atoms with Gasteiger partial charge in [-0.2, -0.15) is 0 Å². The molecule has 1 heterocycles. The molecule has 1 aliphatic rings. The Bertz CT molecular complexity index is 500. The number of aliphatic carboxylic acids is 1. The molecule has 0 radical (unpaired) electrons. The minimum Gasteiger partial charge on any atom is -0.479 e. The Morgan fingerprint density at radius 1 is 1.56 bits per heavy atom. The average molecular weight is 249 g/mol. The van der Waals surface area contributed by atoms with E-state index < -0.39 is 17.6 Å². The van der Waals surface area contributed by atoms with Crippen molar-refractivity contribution < 1.29 is 19.4 Å². The van der Waals surface area contributed by atoms with E-state index in [1.165, 1.54) is 11.8 Å². The van der Waals surface area contributed by atoms with Gasteiger partial charge in [-0.25, -0.2) is 9.59 Å². The van der Waals surface area contributed by atoms with Gasteiger partial charge < -0.3 is 9.84 Å². The van der Waals surface area contributed by atoms with Crippen LogP contribution >= 0.6 is 0 Å². The van der Waals surface area contributed by atoms with Crippen molar-refractivity contribution >= 4 is 12.1 Å². The molecule has 1 N–H and O–H groups in total. The van der Waals surface area contributed by atoms with Crippen molar-refractivity contribution in [3.63, 3.8) is 0 Å².